The zero-order valence-corrected chi connectivity index (χ0v) is 19.1. The Hall–Kier alpha value is -4.34. The van der Waals surface area contributed by atoms with Crippen LogP contribution in [0.2, 0.25) is 0 Å². The number of ether oxygens (including phenoxy) is 3. The van der Waals surface area contributed by atoms with E-state index < -0.39 is 0 Å². The molecule has 0 spiro atoms. The molecular formula is C24H25N5O5. The topological polar surface area (TPSA) is 120 Å². The van der Waals surface area contributed by atoms with Gasteiger partial charge in [-0.1, -0.05) is 18.2 Å². The Labute approximate surface area is 195 Å². The van der Waals surface area contributed by atoms with Crippen molar-refractivity contribution >= 4 is 16.9 Å². The molecule has 176 valence electrons. The second-order valence-corrected chi connectivity index (χ2v) is 7.44. The number of nitrogens with zero attached hydrogens (tertiary/aromatic N) is 3. The molecule has 0 saturated carbocycles. The fraction of sp³-hybridized carbons (Fsp3) is 0.250. The minimum absolute atomic E-state index is 0.142. The molecule has 4 aromatic rings. The number of aromatic nitrogens is 4. The maximum atomic E-state index is 12.5. The molecule has 2 N–H and O–H groups in total. The number of hydrogen-bond donors (Lipinski definition) is 2. The van der Waals surface area contributed by atoms with Crippen LogP contribution in [-0.2, 0) is 17.8 Å². The standard InChI is InChI=1S/C24H25N5O5/c1-32-18-12-20(34-3)19(33-2)11-15(18)13-25-22(30)10-9-21-27-23-17(24(31)28-21)14-26-29(23)16-7-5-4-6-8-16/h4-8,11-12,14H,9-10,13H2,1-3H3,(H,25,30)(H,27,28,31). The summed E-state index contributed by atoms with van der Waals surface area (Å²) in [4.78, 5) is 32.3. The van der Waals surface area contributed by atoms with Gasteiger partial charge in [-0.2, -0.15) is 5.10 Å². The van der Waals surface area contributed by atoms with Gasteiger partial charge in [-0.3, -0.25) is 9.59 Å². The number of hydrogen-bond acceptors (Lipinski definition) is 7. The third-order valence-electron chi connectivity index (χ3n) is 5.34. The van der Waals surface area contributed by atoms with Crippen molar-refractivity contribution in [3.63, 3.8) is 0 Å². The number of H-pyrrole nitrogens is 1. The van der Waals surface area contributed by atoms with E-state index >= 15 is 0 Å². The second-order valence-electron chi connectivity index (χ2n) is 7.44. The van der Waals surface area contributed by atoms with E-state index in [1.807, 2.05) is 30.3 Å². The number of carbonyl (C=O) groups is 1. The van der Waals surface area contributed by atoms with Gasteiger partial charge in [0, 0.05) is 31.0 Å². The van der Waals surface area contributed by atoms with E-state index in [0.29, 0.717) is 34.1 Å². The highest BCUT2D eigenvalue weighted by atomic mass is 16.5. The summed E-state index contributed by atoms with van der Waals surface area (Å²) in [7, 11) is 4.63. The number of amides is 1. The number of benzene rings is 2. The predicted octanol–water partition coefficient (Wildman–Crippen LogP) is 2.38. The SMILES string of the molecule is COc1cc(OC)c(OC)cc1CNC(=O)CCc1nc2c(cnn2-c2ccccc2)c(=O)[nH]1. The fourth-order valence-electron chi connectivity index (χ4n) is 3.59. The van der Waals surface area contributed by atoms with Crippen LogP contribution in [0.4, 0.5) is 0 Å². The van der Waals surface area contributed by atoms with Crippen molar-refractivity contribution in [3.8, 4) is 22.9 Å². The summed E-state index contributed by atoms with van der Waals surface area (Å²) >= 11 is 0. The zero-order chi connectivity index (χ0) is 24.1. The molecule has 10 heteroatoms. The van der Waals surface area contributed by atoms with Crippen molar-refractivity contribution in [2.24, 2.45) is 0 Å². The highest BCUT2D eigenvalue weighted by Gasteiger charge is 2.14. The van der Waals surface area contributed by atoms with Crippen LogP contribution in [-0.4, -0.2) is 47.0 Å². The van der Waals surface area contributed by atoms with Crippen LogP contribution in [0, 0.1) is 0 Å². The molecule has 0 aliphatic carbocycles. The number of para-hydroxylation sites is 1. The first-order chi connectivity index (χ1) is 16.5. The molecule has 1 amide bonds. The summed E-state index contributed by atoms with van der Waals surface area (Å²) < 4.78 is 17.6. The molecule has 0 aliphatic heterocycles. The van der Waals surface area contributed by atoms with Crippen LogP contribution in [0.5, 0.6) is 17.2 Å². The molecule has 10 nitrogen and oxygen atoms in total. The largest absolute Gasteiger partial charge is 0.496 e. The second kappa shape index (κ2) is 10.1. The highest BCUT2D eigenvalue weighted by Crippen LogP contribution is 2.34. The van der Waals surface area contributed by atoms with Crippen molar-refractivity contribution < 1.29 is 19.0 Å². The smallest absolute Gasteiger partial charge is 0.262 e. The monoisotopic (exact) mass is 463 g/mol. The minimum Gasteiger partial charge on any atom is -0.496 e. The summed E-state index contributed by atoms with van der Waals surface area (Å²) in [6, 6.07) is 12.9. The molecule has 0 unspecified atom stereocenters. The Bertz CT molecular complexity index is 1360. The van der Waals surface area contributed by atoms with Crippen molar-refractivity contribution in [3.05, 3.63) is 70.4 Å². The Kier molecular flexibility index (Phi) is 6.77. The van der Waals surface area contributed by atoms with Crippen molar-refractivity contribution in [1.82, 2.24) is 25.1 Å². The van der Waals surface area contributed by atoms with Crippen molar-refractivity contribution in [1.29, 1.82) is 0 Å². The van der Waals surface area contributed by atoms with Crippen LogP contribution in [0.15, 0.2) is 53.5 Å². The molecule has 0 atom stereocenters. The van der Waals surface area contributed by atoms with Gasteiger partial charge in [0.15, 0.2) is 17.1 Å². The van der Waals surface area contributed by atoms with E-state index in [4.69, 9.17) is 14.2 Å². The van der Waals surface area contributed by atoms with E-state index in [0.717, 1.165) is 11.3 Å². The number of methoxy groups -OCH3 is 3. The summed E-state index contributed by atoms with van der Waals surface area (Å²) in [6.45, 7) is 0.242. The first kappa shape index (κ1) is 22.8. The lowest BCUT2D eigenvalue weighted by atomic mass is 10.1. The van der Waals surface area contributed by atoms with E-state index in [1.165, 1.54) is 6.20 Å². The maximum Gasteiger partial charge on any atom is 0.262 e. The van der Waals surface area contributed by atoms with Gasteiger partial charge >= 0.3 is 0 Å². The Balaban J connectivity index is 1.45. The lowest BCUT2D eigenvalue weighted by Crippen LogP contribution is -2.24. The van der Waals surface area contributed by atoms with Gasteiger partial charge in [-0.05, 0) is 18.2 Å². The highest BCUT2D eigenvalue weighted by molar-refractivity contribution is 5.77. The molecule has 34 heavy (non-hydrogen) atoms. The molecule has 4 rings (SSSR count). The van der Waals surface area contributed by atoms with E-state index in [1.54, 1.807) is 38.1 Å². The average molecular weight is 463 g/mol. The fourth-order valence-corrected chi connectivity index (χ4v) is 3.59. The predicted molar refractivity (Wildman–Crippen MR) is 126 cm³/mol. The van der Waals surface area contributed by atoms with Gasteiger partial charge < -0.3 is 24.5 Å². The normalized spacial score (nSPS) is 10.8. The van der Waals surface area contributed by atoms with Gasteiger partial charge in [-0.25, -0.2) is 9.67 Å². The van der Waals surface area contributed by atoms with Crippen LogP contribution < -0.4 is 25.1 Å². The number of carbonyl (C=O) groups excluding carboxylic acids is 1. The molecule has 0 aliphatic rings. The Morgan fingerprint density at radius 3 is 2.44 bits per heavy atom. The lowest BCUT2D eigenvalue weighted by molar-refractivity contribution is -0.121. The van der Waals surface area contributed by atoms with Gasteiger partial charge in [-0.15, -0.1) is 0 Å². The summed E-state index contributed by atoms with van der Waals surface area (Å²) in [5.74, 6) is 1.86. The van der Waals surface area contributed by atoms with Crippen molar-refractivity contribution in [2.75, 3.05) is 21.3 Å². The number of fused-ring (bicyclic) bond motifs is 1. The molecular weight excluding hydrogens is 438 g/mol. The van der Waals surface area contributed by atoms with Crippen molar-refractivity contribution in [2.45, 2.75) is 19.4 Å². The molecule has 0 saturated heterocycles. The average Bonchev–Trinajstić information content (AvgIpc) is 3.30. The molecule has 0 fully saturated rings. The Morgan fingerprint density at radius 2 is 1.74 bits per heavy atom. The van der Waals surface area contributed by atoms with Gasteiger partial charge in [0.2, 0.25) is 5.91 Å². The lowest BCUT2D eigenvalue weighted by Gasteiger charge is -2.14. The number of nitrogens with one attached hydrogen (secondary N) is 2. The first-order valence-corrected chi connectivity index (χ1v) is 10.6. The van der Waals surface area contributed by atoms with Crippen LogP contribution in [0.25, 0.3) is 16.7 Å². The van der Waals surface area contributed by atoms with Gasteiger partial charge in [0.25, 0.3) is 5.56 Å². The number of aromatic amines is 1. The number of aryl methyl sites for hydroxylation is 1. The molecule has 2 heterocycles. The van der Waals surface area contributed by atoms with E-state index in [9.17, 15) is 9.59 Å². The Morgan fingerprint density at radius 1 is 1.03 bits per heavy atom. The van der Waals surface area contributed by atoms with Gasteiger partial charge in [0.05, 0.1) is 33.2 Å². The summed E-state index contributed by atoms with van der Waals surface area (Å²) in [5.41, 5.74) is 1.69. The third-order valence-corrected chi connectivity index (χ3v) is 5.34. The molecule has 0 bridgehead atoms. The van der Waals surface area contributed by atoms with Crippen LogP contribution in [0.1, 0.15) is 17.8 Å². The van der Waals surface area contributed by atoms with Crippen LogP contribution >= 0.6 is 0 Å². The van der Waals surface area contributed by atoms with Crippen LogP contribution in [0.3, 0.4) is 0 Å². The summed E-state index contributed by atoms with van der Waals surface area (Å²) in [5, 5.41) is 7.54. The molecule has 2 aromatic carbocycles. The number of rotatable bonds is 9. The molecule has 0 radical (unpaired) electrons. The van der Waals surface area contributed by atoms with Gasteiger partial charge in [0.1, 0.15) is 17.0 Å². The summed E-state index contributed by atoms with van der Waals surface area (Å²) in [6.07, 6.45) is 1.89. The van der Waals surface area contributed by atoms with E-state index in [-0.39, 0.29) is 30.9 Å². The quantitative estimate of drug-likeness (QED) is 0.391. The third kappa shape index (κ3) is 4.70. The maximum absolute atomic E-state index is 12.5. The zero-order valence-electron chi connectivity index (χ0n) is 19.1. The van der Waals surface area contributed by atoms with E-state index in [2.05, 4.69) is 20.4 Å². The molecule has 2 aromatic heterocycles. The first-order valence-electron chi connectivity index (χ1n) is 10.6. The minimum atomic E-state index is -0.294.